The van der Waals surface area contributed by atoms with Crippen molar-refractivity contribution in [2.24, 2.45) is 0 Å². The lowest BCUT2D eigenvalue weighted by atomic mass is 10.1. The Morgan fingerprint density at radius 1 is 1.07 bits per heavy atom. The molecule has 0 aromatic heterocycles. The minimum absolute atomic E-state index is 0.0676. The minimum Gasteiger partial charge on any atom is -0.483 e. The number of nitrogens with one attached hydrogen (secondary N) is 2. The van der Waals surface area contributed by atoms with Gasteiger partial charge in [0.15, 0.2) is 6.61 Å². The quantitative estimate of drug-likeness (QED) is 0.693. The monoisotopic (exact) mass is 370 g/mol. The topological polar surface area (TPSA) is 87.7 Å². The fourth-order valence-electron chi connectivity index (χ4n) is 2.64. The molecule has 0 atom stereocenters. The molecule has 3 N–H and O–H groups in total. The third-order valence-electron chi connectivity index (χ3n) is 3.88. The van der Waals surface area contributed by atoms with Crippen LogP contribution in [0.2, 0.25) is 0 Å². The normalized spacial score (nSPS) is 11.0. The summed E-state index contributed by atoms with van der Waals surface area (Å²) in [6.07, 6.45) is 0. The molecule has 0 spiro atoms. The molecule has 0 bridgehead atoms. The number of aromatic carboxylic acids is 1. The smallest absolute Gasteiger partial charge is 0.336 e. The van der Waals surface area contributed by atoms with Gasteiger partial charge in [0.05, 0.1) is 5.56 Å². The fraction of sp³-hybridized carbons (Fsp3) is 0.333. The maximum absolute atomic E-state index is 12.0. The maximum Gasteiger partial charge on any atom is 0.336 e. The number of hydrogen-bond acceptors (Lipinski definition) is 4. The molecule has 0 heterocycles. The number of carboxylic acids is 1. The summed E-state index contributed by atoms with van der Waals surface area (Å²) in [5.74, 6) is -0.527. The Morgan fingerprint density at radius 3 is 2.44 bits per heavy atom. The molecule has 0 saturated carbocycles. The van der Waals surface area contributed by atoms with Crippen molar-refractivity contribution in [1.82, 2.24) is 5.32 Å². The first-order valence-corrected chi connectivity index (χ1v) is 8.76. The molecule has 27 heavy (non-hydrogen) atoms. The molecular formula is C21H26N2O4. The van der Waals surface area contributed by atoms with Crippen molar-refractivity contribution in [3.05, 3.63) is 59.2 Å². The lowest BCUT2D eigenvalue weighted by molar-refractivity contribution is -0.124. The van der Waals surface area contributed by atoms with Gasteiger partial charge < -0.3 is 20.5 Å². The largest absolute Gasteiger partial charge is 0.483 e. The number of carboxylic acid groups (broad SMARTS) is 1. The van der Waals surface area contributed by atoms with Crippen molar-refractivity contribution < 1.29 is 19.4 Å². The SMILES string of the molecule is Cc1c(NCc2ccccc2OCC(=O)NC(C)(C)C)cccc1C(=O)O. The molecule has 6 nitrogen and oxygen atoms in total. The van der Waals surface area contributed by atoms with Crippen molar-refractivity contribution in [2.45, 2.75) is 39.8 Å². The number of para-hydroxylation sites is 1. The summed E-state index contributed by atoms with van der Waals surface area (Å²) in [7, 11) is 0. The molecule has 6 heteroatoms. The van der Waals surface area contributed by atoms with Crippen LogP contribution in [0.4, 0.5) is 5.69 Å². The molecule has 1 amide bonds. The molecule has 0 aliphatic heterocycles. The molecule has 0 radical (unpaired) electrons. The Balaban J connectivity index is 2.05. The zero-order valence-electron chi connectivity index (χ0n) is 16.1. The molecule has 144 valence electrons. The Kier molecular flexibility index (Phi) is 6.45. The van der Waals surface area contributed by atoms with Crippen molar-refractivity contribution in [3.63, 3.8) is 0 Å². The van der Waals surface area contributed by atoms with Gasteiger partial charge in [-0.05, 0) is 51.5 Å². The van der Waals surface area contributed by atoms with Crippen LogP contribution in [0.1, 0.15) is 42.3 Å². The highest BCUT2D eigenvalue weighted by Crippen LogP contribution is 2.23. The summed E-state index contributed by atoms with van der Waals surface area (Å²) in [5.41, 5.74) is 2.25. The van der Waals surface area contributed by atoms with Gasteiger partial charge in [-0.2, -0.15) is 0 Å². The number of amides is 1. The third kappa shape index (κ3) is 6.02. The van der Waals surface area contributed by atoms with E-state index in [0.717, 1.165) is 11.3 Å². The van der Waals surface area contributed by atoms with E-state index in [2.05, 4.69) is 10.6 Å². The Hall–Kier alpha value is -3.02. The van der Waals surface area contributed by atoms with Crippen molar-refractivity contribution >= 4 is 17.6 Å². The Morgan fingerprint density at radius 2 is 1.78 bits per heavy atom. The van der Waals surface area contributed by atoms with Gasteiger partial charge in [0.2, 0.25) is 0 Å². The average Bonchev–Trinajstić information content (AvgIpc) is 2.58. The molecule has 0 aliphatic carbocycles. The highest BCUT2D eigenvalue weighted by molar-refractivity contribution is 5.91. The van der Waals surface area contributed by atoms with Crippen LogP contribution in [0.5, 0.6) is 5.75 Å². The first-order chi connectivity index (χ1) is 12.7. The second-order valence-electron chi connectivity index (χ2n) is 7.33. The van der Waals surface area contributed by atoms with Crippen LogP contribution in [0.25, 0.3) is 0 Å². The predicted molar refractivity (Wildman–Crippen MR) is 105 cm³/mol. The van der Waals surface area contributed by atoms with E-state index >= 15 is 0 Å². The van der Waals surface area contributed by atoms with Gasteiger partial charge in [0.1, 0.15) is 5.75 Å². The van der Waals surface area contributed by atoms with Crippen LogP contribution in [0, 0.1) is 6.92 Å². The van der Waals surface area contributed by atoms with E-state index in [1.807, 2.05) is 51.1 Å². The molecule has 2 aromatic rings. The number of anilines is 1. The van der Waals surface area contributed by atoms with Crippen molar-refractivity contribution in [1.29, 1.82) is 0 Å². The zero-order chi connectivity index (χ0) is 20.0. The van der Waals surface area contributed by atoms with Gasteiger partial charge in [0, 0.05) is 23.3 Å². The molecule has 2 rings (SSSR count). The maximum atomic E-state index is 12.0. The second-order valence-corrected chi connectivity index (χ2v) is 7.33. The van der Waals surface area contributed by atoms with Crippen LogP contribution in [0.15, 0.2) is 42.5 Å². The Labute approximate surface area is 159 Å². The highest BCUT2D eigenvalue weighted by atomic mass is 16.5. The standard InChI is InChI=1S/C21H26N2O4/c1-14-16(20(25)26)9-7-10-17(14)22-12-15-8-5-6-11-18(15)27-13-19(24)23-21(2,3)4/h5-11,22H,12-13H2,1-4H3,(H,23,24)(H,25,26). The molecule has 0 aliphatic rings. The summed E-state index contributed by atoms with van der Waals surface area (Å²) in [5, 5.41) is 15.3. The first kappa shape index (κ1) is 20.3. The van der Waals surface area contributed by atoms with E-state index in [9.17, 15) is 14.7 Å². The first-order valence-electron chi connectivity index (χ1n) is 8.76. The molecule has 0 unspecified atom stereocenters. The fourth-order valence-corrected chi connectivity index (χ4v) is 2.64. The van der Waals surface area contributed by atoms with Crippen LogP contribution in [-0.2, 0) is 11.3 Å². The van der Waals surface area contributed by atoms with Gasteiger partial charge in [-0.3, -0.25) is 4.79 Å². The third-order valence-corrected chi connectivity index (χ3v) is 3.88. The average molecular weight is 370 g/mol. The number of hydrogen-bond donors (Lipinski definition) is 3. The number of carbonyl (C=O) groups is 2. The number of carbonyl (C=O) groups excluding carboxylic acids is 1. The summed E-state index contributed by atoms with van der Waals surface area (Å²) in [6, 6.07) is 12.6. The zero-order valence-corrected chi connectivity index (χ0v) is 16.1. The van der Waals surface area contributed by atoms with E-state index < -0.39 is 5.97 Å². The van der Waals surface area contributed by atoms with E-state index in [4.69, 9.17) is 4.74 Å². The van der Waals surface area contributed by atoms with Gasteiger partial charge >= 0.3 is 5.97 Å². The van der Waals surface area contributed by atoms with Gasteiger partial charge in [-0.15, -0.1) is 0 Å². The molecule has 0 fully saturated rings. The highest BCUT2D eigenvalue weighted by Gasteiger charge is 2.15. The summed E-state index contributed by atoms with van der Waals surface area (Å²) in [4.78, 5) is 23.2. The van der Waals surface area contributed by atoms with Crippen LogP contribution < -0.4 is 15.4 Å². The minimum atomic E-state index is -0.954. The summed E-state index contributed by atoms with van der Waals surface area (Å²) < 4.78 is 5.68. The van der Waals surface area contributed by atoms with Gasteiger partial charge in [0.25, 0.3) is 5.91 Å². The number of rotatable bonds is 7. The molecule has 2 aromatic carbocycles. The van der Waals surface area contributed by atoms with E-state index in [1.165, 1.54) is 0 Å². The summed E-state index contributed by atoms with van der Waals surface area (Å²) >= 11 is 0. The molecular weight excluding hydrogens is 344 g/mol. The van der Waals surface area contributed by atoms with E-state index in [1.54, 1.807) is 19.1 Å². The summed E-state index contributed by atoms with van der Waals surface area (Å²) in [6.45, 7) is 7.89. The Bertz CT molecular complexity index is 825. The van der Waals surface area contributed by atoms with Crippen molar-refractivity contribution in [2.75, 3.05) is 11.9 Å². The lowest BCUT2D eigenvalue weighted by Gasteiger charge is -2.21. The molecule has 0 saturated heterocycles. The predicted octanol–water partition coefficient (Wildman–Crippen LogP) is 3.60. The number of benzene rings is 2. The van der Waals surface area contributed by atoms with Crippen LogP contribution in [0.3, 0.4) is 0 Å². The van der Waals surface area contributed by atoms with E-state index in [0.29, 0.717) is 17.9 Å². The van der Waals surface area contributed by atoms with Gasteiger partial charge in [-0.25, -0.2) is 4.79 Å². The van der Waals surface area contributed by atoms with E-state index in [-0.39, 0.29) is 23.6 Å². The number of ether oxygens (including phenoxy) is 1. The van der Waals surface area contributed by atoms with Gasteiger partial charge in [-0.1, -0.05) is 24.3 Å². The lowest BCUT2D eigenvalue weighted by Crippen LogP contribution is -2.43. The van der Waals surface area contributed by atoms with Crippen LogP contribution in [-0.4, -0.2) is 29.1 Å². The second kappa shape index (κ2) is 8.58. The van der Waals surface area contributed by atoms with Crippen LogP contribution >= 0.6 is 0 Å². The van der Waals surface area contributed by atoms with Crippen molar-refractivity contribution in [3.8, 4) is 5.75 Å².